The van der Waals surface area contributed by atoms with E-state index in [0.717, 1.165) is 0 Å². The lowest BCUT2D eigenvalue weighted by Gasteiger charge is -2.30. The minimum atomic E-state index is -3.56. The molecular weight excluding hydrogens is 394 g/mol. The first-order valence-corrected chi connectivity index (χ1v) is 11.3. The van der Waals surface area contributed by atoms with Gasteiger partial charge in [-0.25, -0.2) is 8.42 Å². The molecule has 1 unspecified atom stereocenters. The number of amides is 2. The van der Waals surface area contributed by atoms with Crippen molar-refractivity contribution in [1.82, 2.24) is 9.62 Å². The van der Waals surface area contributed by atoms with Crippen molar-refractivity contribution in [3.05, 3.63) is 34.5 Å². The second-order valence-corrected chi connectivity index (χ2v) is 9.89. The molecule has 0 aromatic carbocycles. The fourth-order valence-corrected chi connectivity index (χ4v) is 6.30. The van der Waals surface area contributed by atoms with Gasteiger partial charge in [0.15, 0.2) is 0 Å². The van der Waals surface area contributed by atoms with Crippen LogP contribution < -0.4 is 10.6 Å². The van der Waals surface area contributed by atoms with Gasteiger partial charge in [-0.15, -0.1) is 22.7 Å². The summed E-state index contributed by atoms with van der Waals surface area (Å²) >= 11 is 2.44. The van der Waals surface area contributed by atoms with Gasteiger partial charge in [-0.1, -0.05) is 6.07 Å². The van der Waals surface area contributed by atoms with Gasteiger partial charge in [0.05, 0.1) is 11.5 Å². The molecular formula is C16H19N3O4S3. The van der Waals surface area contributed by atoms with Crippen LogP contribution in [0.4, 0.5) is 5.00 Å². The van der Waals surface area contributed by atoms with Crippen molar-refractivity contribution >= 4 is 49.5 Å². The van der Waals surface area contributed by atoms with Gasteiger partial charge in [0.25, 0.3) is 15.9 Å². The van der Waals surface area contributed by atoms with E-state index in [0.29, 0.717) is 34.2 Å². The van der Waals surface area contributed by atoms with Gasteiger partial charge in [-0.05, 0) is 35.7 Å². The van der Waals surface area contributed by atoms with Crippen LogP contribution in [0.15, 0.2) is 33.2 Å². The summed E-state index contributed by atoms with van der Waals surface area (Å²) in [5.74, 6) is -0.978. The number of thiophene rings is 2. The van der Waals surface area contributed by atoms with Gasteiger partial charge in [-0.2, -0.15) is 4.31 Å². The maximum atomic E-state index is 12.7. The third-order valence-electron chi connectivity index (χ3n) is 4.22. The SMILES string of the molecule is CNC(=O)c1ccsc1NC(=O)C1CCCN(S(=O)(=O)c2cccs2)C1. The summed E-state index contributed by atoms with van der Waals surface area (Å²) in [6.45, 7) is 0.555. The van der Waals surface area contributed by atoms with Crippen LogP contribution in [-0.2, 0) is 14.8 Å². The Morgan fingerprint density at radius 3 is 2.73 bits per heavy atom. The lowest BCUT2D eigenvalue weighted by molar-refractivity contribution is -0.120. The van der Waals surface area contributed by atoms with Crippen molar-refractivity contribution < 1.29 is 18.0 Å². The third-order valence-corrected chi connectivity index (χ3v) is 8.29. The van der Waals surface area contributed by atoms with Crippen LogP contribution in [0.5, 0.6) is 0 Å². The molecule has 0 bridgehead atoms. The second-order valence-electron chi connectivity index (χ2n) is 5.87. The topological polar surface area (TPSA) is 95.6 Å². The van der Waals surface area contributed by atoms with E-state index in [-0.39, 0.29) is 18.4 Å². The minimum absolute atomic E-state index is 0.146. The van der Waals surface area contributed by atoms with Crippen molar-refractivity contribution in [2.24, 2.45) is 5.92 Å². The molecule has 1 saturated heterocycles. The summed E-state index contributed by atoms with van der Waals surface area (Å²) < 4.78 is 27.0. The average molecular weight is 414 g/mol. The molecule has 0 radical (unpaired) electrons. The fourth-order valence-electron chi connectivity index (χ4n) is 2.85. The number of carbonyl (C=O) groups is 2. The van der Waals surface area contributed by atoms with E-state index in [4.69, 9.17) is 0 Å². The average Bonchev–Trinajstić information content (AvgIpc) is 3.33. The molecule has 7 nitrogen and oxygen atoms in total. The molecule has 10 heteroatoms. The summed E-state index contributed by atoms with van der Waals surface area (Å²) in [5, 5.41) is 9.25. The molecule has 26 heavy (non-hydrogen) atoms. The highest BCUT2D eigenvalue weighted by atomic mass is 32.2. The summed E-state index contributed by atoms with van der Waals surface area (Å²) in [6.07, 6.45) is 1.23. The summed E-state index contributed by atoms with van der Waals surface area (Å²) in [7, 11) is -2.03. The van der Waals surface area contributed by atoms with E-state index in [1.165, 1.54) is 34.0 Å². The zero-order valence-electron chi connectivity index (χ0n) is 14.1. The Kier molecular flexibility index (Phi) is 5.76. The predicted molar refractivity (Wildman–Crippen MR) is 102 cm³/mol. The quantitative estimate of drug-likeness (QED) is 0.786. The molecule has 0 spiro atoms. The molecule has 1 aliphatic heterocycles. The number of hydrogen-bond acceptors (Lipinski definition) is 6. The molecule has 140 valence electrons. The zero-order valence-corrected chi connectivity index (χ0v) is 16.5. The molecule has 2 aromatic heterocycles. The van der Waals surface area contributed by atoms with E-state index < -0.39 is 15.9 Å². The van der Waals surface area contributed by atoms with Gasteiger partial charge in [0.2, 0.25) is 5.91 Å². The van der Waals surface area contributed by atoms with Gasteiger partial charge in [0.1, 0.15) is 9.21 Å². The van der Waals surface area contributed by atoms with Gasteiger partial charge in [0, 0.05) is 20.1 Å². The molecule has 2 aromatic rings. The number of sulfonamides is 1. The summed E-state index contributed by atoms with van der Waals surface area (Å²) in [4.78, 5) is 24.5. The molecule has 3 rings (SSSR count). The van der Waals surface area contributed by atoms with Crippen molar-refractivity contribution in [1.29, 1.82) is 0 Å². The maximum Gasteiger partial charge on any atom is 0.254 e. The number of rotatable bonds is 5. The van der Waals surface area contributed by atoms with Crippen molar-refractivity contribution in [2.75, 3.05) is 25.5 Å². The molecule has 1 fully saturated rings. The predicted octanol–water partition coefficient (Wildman–Crippen LogP) is 2.21. The molecule has 1 atom stereocenters. The summed E-state index contributed by atoms with van der Waals surface area (Å²) in [5.41, 5.74) is 0.407. The van der Waals surface area contributed by atoms with E-state index in [9.17, 15) is 18.0 Å². The van der Waals surface area contributed by atoms with Crippen molar-refractivity contribution in [3.8, 4) is 0 Å². The fraction of sp³-hybridized carbons (Fsp3) is 0.375. The van der Waals surface area contributed by atoms with Crippen LogP contribution in [0.3, 0.4) is 0 Å². The molecule has 2 amide bonds. The largest absolute Gasteiger partial charge is 0.355 e. The third kappa shape index (κ3) is 3.83. The zero-order chi connectivity index (χ0) is 18.7. The normalized spacial score (nSPS) is 18.4. The van der Waals surface area contributed by atoms with Gasteiger partial charge in [-0.3, -0.25) is 9.59 Å². The molecule has 1 aliphatic rings. The minimum Gasteiger partial charge on any atom is -0.355 e. The Bertz CT molecular complexity index is 890. The van der Waals surface area contributed by atoms with Gasteiger partial charge < -0.3 is 10.6 Å². The Morgan fingerprint density at radius 2 is 2.04 bits per heavy atom. The van der Waals surface area contributed by atoms with Crippen LogP contribution in [0, 0.1) is 5.92 Å². The highest BCUT2D eigenvalue weighted by Crippen LogP contribution is 2.28. The smallest absolute Gasteiger partial charge is 0.254 e. The van der Waals surface area contributed by atoms with Crippen LogP contribution in [0.2, 0.25) is 0 Å². The molecule has 0 saturated carbocycles. The van der Waals surface area contributed by atoms with Crippen LogP contribution >= 0.6 is 22.7 Å². The Labute approximate surface area is 160 Å². The number of nitrogens with one attached hydrogen (secondary N) is 2. The number of anilines is 1. The monoisotopic (exact) mass is 413 g/mol. The number of nitrogens with zero attached hydrogens (tertiary/aromatic N) is 1. The van der Waals surface area contributed by atoms with Gasteiger partial charge >= 0.3 is 0 Å². The molecule has 3 heterocycles. The Balaban J connectivity index is 1.71. The summed E-state index contributed by atoms with van der Waals surface area (Å²) in [6, 6.07) is 4.92. The first-order chi connectivity index (χ1) is 12.4. The van der Waals surface area contributed by atoms with Crippen LogP contribution in [0.25, 0.3) is 0 Å². The lowest BCUT2D eigenvalue weighted by atomic mass is 9.99. The van der Waals surface area contributed by atoms with E-state index in [1.807, 2.05) is 0 Å². The Hall–Kier alpha value is -1.75. The van der Waals surface area contributed by atoms with Crippen molar-refractivity contribution in [3.63, 3.8) is 0 Å². The maximum absolute atomic E-state index is 12.7. The first kappa shape index (κ1) is 19.0. The first-order valence-electron chi connectivity index (χ1n) is 8.07. The highest BCUT2D eigenvalue weighted by molar-refractivity contribution is 7.91. The lowest BCUT2D eigenvalue weighted by Crippen LogP contribution is -2.43. The standard InChI is InChI=1S/C16H19N3O4S3/c1-17-15(21)12-6-9-25-16(12)18-14(20)11-4-2-7-19(10-11)26(22,23)13-5-3-8-24-13/h3,5-6,8-9,11H,2,4,7,10H2,1H3,(H,17,21)(H,18,20). The van der Waals surface area contributed by atoms with Crippen LogP contribution in [0.1, 0.15) is 23.2 Å². The number of hydrogen-bond donors (Lipinski definition) is 2. The van der Waals surface area contributed by atoms with E-state index in [2.05, 4.69) is 10.6 Å². The van der Waals surface area contributed by atoms with Crippen molar-refractivity contribution in [2.45, 2.75) is 17.1 Å². The number of piperidine rings is 1. The van der Waals surface area contributed by atoms with Crippen LogP contribution in [-0.4, -0.2) is 44.7 Å². The Morgan fingerprint density at radius 1 is 1.23 bits per heavy atom. The molecule has 0 aliphatic carbocycles. The highest BCUT2D eigenvalue weighted by Gasteiger charge is 2.34. The number of carbonyl (C=O) groups excluding carboxylic acids is 2. The van der Waals surface area contributed by atoms with E-state index in [1.54, 1.807) is 29.0 Å². The second kappa shape index (κ2) is 7.87. The van der Waals surface area contributed by atoms with E-state index >= 15 is 0 Å². The molecule has 2 N–H and O–H groups in total.